The van der Waals surface area contributed by atoms with Crippen LogP contribution in [0, 0.1) is 5.92 Å². The van der Waals surface area contributed by atoms with Gasteiger partial charge in [0.2, 0.25) is 5.91 Å². The smallest absolute Gasteiger partial charge is 0.226 e. The van der Waals surface area contributed by atoms with Crippen molar-refractivity contribution in [2.45, 2.75) is 33.2 Å². The van der Waals surface area contributed by atoms with Crippen molar-refractivity contribution in [3.05, 3.63) is 0 Å². The van der Waals surface area contributed by atoms with Gasteiger partial charge in [-0.1, -0.05) is 20.8 Å². The van der Waals surface area contributed by atoms with Gasteiger partial charge in [-0.15, -0.1) is 0 Å². The number of likely N-dealkylation sites (N-methyl/N-ethyl adjacent to an activating group) is 1. The Labute approximate surface area is 98.8 Å². The van der Waals surface area contributed by atoms with Crippen LogP contribution in [0.5, 0.6) is 0 Å². The molecule has 0 aromatic heterocycles. The van der Waals surface area contributed by atoms with Crippen LogP contribution in [0.15, 0.2) is 0 Å². The minimum absolute atomic E-state index is 0.0320. The quantitative estimate of drug-likeness (QED) is 0.745. The Kier molecular flexibility index (Phi) is 5.22. The molecule has 0 bridgehead atoms. The van der Waals surface area contributed by atoms with Crippen LogP contribution in [0.2, 0.25) is 0 Å². The first-order valence-corrected chi connectivity index (χ1v) is 6.36. The Morgan fingerprint density at radius 2 is 2.12 bits per heavy atom. The molecule has 2 atom stereocenters. The standard InChI is InChI=1S/C12H25N3O/c1-4-14(5-2)11-6-7-15(9-11)12(16)10(3)8-13/h10-11H,4-9,13H2,1-3H3. The maximum absolute atomic E-state index is 11.9. The van der Waals surface area contributed by atoms with Crippen LogP contribution in [0.3, 0.4) is 0 Å². The van der Waals surface area contributed by atoms with Gasteiger partial charge in [0.25, 0.3) is 0 Å². The second kappa shape index (κ2) is 6.21. The Bertz CT molecular complexity index is 228. The number of rotatable bonds is 5. The van der Waals surface area contributed by atoms with E-state index in [2.05, 4.69) is 18.7 Å². The molecule has 4 heteroatoms. The van der Waals surface area contributed by atoms with Crippen molar-refractivity contribution in [1.82, 2.24) is 9.80 Å². The molecule has 4 nitrogen and oxygen atoms in total. The third-order valence-corrected chi connectivity index (χ3v) is 3.58. The lowest BCUT2D eigenvalue weighted by atomic mass is 10.1. The summed E-state index contributed by atoms with van der Waals surface area (Å²) in [6.45, 7) is 10.6. The summed E-state index contributed by atoms with van der Waals surface area (Å²) in [5.41, 5.74) is 5.53. The second-order valence-electron chi connectivity index (χ2n) is 4.58. The zero-order chi connectivity index (χ0) is 12.1. The van der Waals surface area contributed by atoms with Crippen molar-refractivity contribution in [2.24, 2.45) is 11.7 Å². The Hall–Kier alpha value is -0.610. The topological polar surface area (TPSA) is 49.6 Å². The maximum Gasteiger partial charge on any atom is 0.226 e. The number of likely N-dealkylation sites (tertiary alicyclic amines) is 1. The van der Waals surface area contributed by atoms with Gasteiger partial charge in [-0.25, -0.2) is 0 Å². The monoisotopic (exact) mass is 227 g/mol. The summed E-state index contributed by atoms with van der Waals surface area (Å²) < 4.78 is 0. The molecular weight excluding hydrogens is 202 g/mol. The number of amides is 1. The summed E-state index contributed by atoms with van der Waals surface area (Å²) in [6.07, 6.45) is 1.10. The van der Waals surface area contributed by atoms with E-state index >= 15 is 0 Å². The molecule has 2 N–H and O–H groups in total. The normalized spacial score (nSPS) is 22.8. The van der Waals surface area contributed by atoms with E-state index in [-0.39, 0.29) is 11.8 Å². The van der Waals surface area contributed by atoms with Crippen LogP contribution in [0.4, 0.5) is 0 Å². The summed E-state index contributed by atoms with van der Waals surface area (Å²) in [6, 6.07) is 0.545. The molecule has 0 radical (unpaired) electrons. The summed E-state index contributed by atoms with van der Waals surface area (Å²) >= 11 is 0. The highest BCUT2D eigenvalue weighted by Crippen LogP contribution is 2.17. The molecule has 16 heavy (non-hydrogen) atoms. The maximum atomic E-state index is 11.9. The van der Waals surface area contributed by atoms with E-state index in [0.717, 1.165) is 32.6 Å². The fraction of sp³-hybridized carbons (Fsp3) is 0.917. The number of carbonyl (C=O) groups is 1. The predicted molar refractivity (Wildman–Crippen MR) is 66.1 cm³/mol. The van der Waals surface area contributed by atoms with Gasteiger partial charge in [-0.2, -0.15) is 0 Å². The number of nitrogens with zero attached hydrogens (tertiary/aromatic N) is 2. The van der Waals surface area contributed by atoms with E-state index in [9.17, 15) is 4.79 Å². The van der Waals surface area contributed by atoms with Gasteiger partial charge in [0, 0.05) is 31.6 Å². The van der Waals surface area contributed by atoms with Crippen LogP contribution in [0.25, 0.3) is 0 Å². The number of hydrogen-bond donors (Lipinski definition) is 1. The predicted octanol–water partition coefficient (Wildman–Crippen LogP) is 0.524. The average molecular weight is 227 g/mol. The molecule has 2 unspecified atom stereocenters. The molecular formula is C12H25N3O. The average Bonchev–Trinajstić information content (AvgIpc) is 2.78. The first-order chi connectivity index (χ1) is 7.63. The molecule has 1 fully saturated rings. The van der Waals surface area contributed by atoms with E-state index < -0.39 is 0 Å². The van der Waals surface area contributed by atoms with Gasteiger partial charge in [-0.3, -0.25) is 9.69 Å². The van der Waals surface area contributed by atoms with E-state index in [1.807, 2.05) is 11.8 Å². The first kappa shape index (κ1) is 13.5. The fourth-order valence-electron chi connectivity index (χ4n) is 2.39. The zero-order valence-electron chi connectivity index (χ0n) is 10.8. The van der Waals surface area contributed by atoms with Crippen LogP contribution in [0.1, 0.15) is 27.2 Å². The van der Waals surface area contributed by atoms with Crippen LogP contribution >= 0.6 is 0 Å². The van der Waals surface area contributed by atoms with Crippen LogP contribution in [-0.2, 0) is 4.79 Å². The fourth-order valence-corrected chi connectivity index (χ4v) is 2.39. The molecule has 0 spiro atoms. The molecule has 1 rings (SSSR count). The Morgan fingerprint density at radius 3 is 2.62 bits per heavy atom. The van der Waals surface area contributed by atoms with Crippen molar-refractivity contribution < 1.29 is 4.79 Å². The Morgan fingerprint density at radius 1 is 1.50 bits per heavy atom. The van der Waals surface area contributed by atoms with E-state index in [1.165, 1.54) is 0 Å². The lowest BCUT2D eigenvalue weighted by Gasteiger charge is -2.26. The molecule has 0 aromatic carbocycles. The molecule has 0 aliphatic carbocycles. The van der Waals surface area contributed by atoms with Crippen LogP contribution in [-0.4, -0.2) is 54.5 Å². The molecule has 1 heterocycles. The SMILES string of the molecule is CCN(CC)C1CCN(C(=O)C(C)CN)C1. The summed E-state index contributed by atoms with van der Waals surface area (Å²) in [5.74, 6) is 0.188. The lowest BCUT2D eigenvalue weighted by Crippen LogP contribution is -2.41. The minimum Gasteiger partial charge on any atom is -0.341 e. The molecule has 1 amide bonds. The molecule has 0 saturated carbocycles. The van der Waals surface area contributed by atoms with Gasteiger partial charge < -0.3 is 10.6 Å². The minimum atomic E-state index is -0.0320. The van der Waals surface area contributed by atoms with Crippen LogP contribution < -0.4 is 5.73 Å². The summed E-state index contributed by atoms with van der Waals surface area (Å²) in [7, 11) is 0. The first-order valence-electron chi connectivity index (χ1n) is 6.36. The van der Waals surface area contributed by atoms with Gasteiger partial charge in [0.15, 0.2) is 0 Å². The number of nitrogens with two attached hydrogens (primary N) is 1. The number of carbonyl (C=O) groups excluding carboxylic acids is 1. The van der Waals surface area contributed by atoms with Crippen molar-refractivity contribution in [1.29, 1.82) is 0 Å². The highest BCUT2D eigenvalue weighted by molar-refractivity contribution is 5.79. The third-order valence-electron chi connectivity index (χ3n) is 3.58. The third kappa shape index (κ3) is 2.95. The molecule has 1 aliphatic heterocycles. The number of hydrogen-bond acceptors (Lipinski definition) is 3. The van der Waals surface area contributed by atoms with Crippen molar-refractivity contribution in [3.8, 4) is 0 Å². The lowest BCUT2D eigenvalue weighted by molar-refractivity contribution is -0.133. The largest absolute Gasteiger partial charge is 0.341 e. The highest BCUT2D eigenvalue weighted by atomic mass is 16.2. The van der Waals surface area contributed by atoms with E-state index in [0.29, 0.717) is 12.6 Å². The summed E-state index contributed by atoms with van der Waals surface area (Å²) in [4.78, 5) is 16.4. The van der Waals surface area contributed by atoms with Crippen molar-refractivity contribution >= 4 is 5.91 Å². The molecule has 1 saturated heterocycles. The van der Waals surface area contributed by atoms with Gasteiger partial charge in [-0.05, 0) is 19.5 Å². The van der Waals surface area contributed by atoms with Gasteiger partial charge >= 0.3 is 0 Å². The molecule has 0 aromatic rings. The van der Waals surface area contributed by atoms with E-state index in [4.69, 9.17) is 5.73 Å². The van der Waals surface area contributed by atoms with Gasteiger partial charge in [0.1, 0.15) is 0 Å². The van der Waals surface area contributed by atoms with E-state index in [1.54, 1.807) is 0 Å². The molecule has 94 valence electrons. The summed E-state index contributed by atoms with van der Waals surface area (Å²) in [5, 5.41) is 0. The van der Waals surface area contributed by atoms with Gasteiger partial charge in [0.05, 0.1) is 0 Å². The zero-order valence-corrected chi connectivity index (χ0v) is 10.8. The molecule has 1 aliphatic rings. The second-order valence-corrected chi connectivity index (χ2v) is 4.58. The van der Waals surface area contributed by atoms with Crippen molar-refractivity contribution in [2.75, 3.05) is 32.7 Å². The highest BCUT2D eigenvalue weighted by Gasteiger charge is 2.30. The van der Waals surface area contributed by atoms with Crippen molar-refractivity contribution in [3.63, 3.8) is 0 Å². The Balaban J connectivity index is 2.48.